The van der Waals surface area contributed by atoms with Gasteiger partial charge in [0.05, 0.1) is 0 Å². The topological polar surface area (TPSA) is 32.3 Å². The first-order valence-electron chi connectivity index (χ1n) is 5.33. The van der Waals surface area contributed by atoms with Gasteiger partial charge in [-0.05, 0) is 25.2 Å². The average molecular weight is 182 g/mol. The maximum absolute atomic E-state index is 11.5. The highest BCUT2D eigenvalue weighted by molar-refractivity contribution is 5.80. The summed E-state index contributed by atoms with van der Waals surface area (Å²) in [6.45, 7) is 4.21. The number of carbonyl (C=O) groups is 1. The van der Waals surface area contributed by atoms with Crippen LogP contribution < -0.4 is 5.43 Å². The predicted molar refractivity (Wildman–Crippen MR) is 50.8 cm³/mol. The van der Waals surface area contributed by atoms with Crippen LogP contribution >= 0.6 is 0 Å². The van der Waals surface area contributed by atoms with E-state index in [9.17, 15) is 4.79 Å². The van der Waals surface area contributed by atoms with Crippen molar-refractivity contribution in [2.24, 2.45) is 11.8 Å². The summed E-state index contributed by atoms with van der Waals surface area (Å²) in [7, 11) is 0. The highest BCUT2D eigenvalue weighted by atomic mass is 16.2. The fourth-order valence-corrected chi connectivity index (χ4v) is 1.93. The Balaban J connectivity index is 1.73. The van der Waals surface area contributed by atoms with Crippen LogP contribution in [-0.2, 0) is 4.79 Å². The van der Waals surface area contributed by atoms with Crippen molar-refractivity contribution in [3.8, 4) is 0 Å². The molecule has 1 saturated carbocycles. The Morgan fingerprint density at radius 2 is 1.92 bits per heavy atom. The summed E-state index contributed by atoms with van der Waals surface area (Å²) < 4.78 is 0. The van der Waals surface area contributed by atoms with Crippen molar-refractivity contribution in [3.63, 3.8) is 0 Å². The van der Waals surface area contributed by atoms with E-state index in [2.05, 4.69) is 17.4 Å². The zero-order chi connectivity index (χ0) is 9.26. The van der Waals surface area contributed by atoms with Crippen LogP contribution in [0.5, 0.6) is 0 Å². The van der Waals surface area contributed by atoms with E-state index in [4.69, 9.17) is 0 Å². The molecule has 3 heteroatoms. The van der Waals surface area contributed by atoms with E-state index < -0.39 is 0 Å². The van der Waals surface area contributed by atoms with Gasteiger partial charge in [-0.25, -0.2) is 5.01 Å². The van der Waals surface area contributed by atoms with Crippen LogP contribution in [0.25, 0.3) is 0 Å². The second-order valence-electron chi connectivity index (χ2n) is 4.34. The molecule has 0 aromatic rings. The lowest BCUT2D eigenvalue weighted by atomic mass is 10.2. The van der Waals surface area contributed by atoms with Gasteiger partial charge in [0.2, 0.25) is 5.91 Å². The molecule has 1 N–H and O–H groups in total. The first-order chi connectivity index (χ1) is 6.27. The molecular weight excluding hydrogens is 164 g/mol. The number of nitrogens with zero attached hydrogens (tertiary/aromatic N) is 1. The molecule has 0 bridgehead atoms. The van der Waals surface area contributed by atoms with Gasteiger partial charge in [0, 0.05) is 19.0 Å². The summed E-state index contributed by atoms with van der Waals surface area (Å²) in [6.07, 6.45) is 4.84. The van der Waals surface area contributed by atoms with Gasteiger partial charge in [0.15, 0.2) is 0 Å². The van der Waals surface area contributed by atoms with Crippen LogP contribution in [0.3, 0.4) is 0 Å². The first kappa shape index (κ1) is 9.00. The minimum absolute atomic E-state index is 0.245. The molecule has 0 spiro atoms. The Morgan fingerprint density at radius 1 is 1.31 bits per heavy atom. The zero-order valence-electron chi connectivity index (χ0n) is 8.25. The Bertz CT molecular complexity index is 199. The summed E-state index contributed by atoms with van der Waals surface area (Å²) in [4.78, 5) is 11.5. The van der Waals surface area contributed by atoms with Crippen molar-refractivity contribution < 1.29 is 4.79 Å². The van der Waals surface area contributed by atoms with E-state index in [1.165, 1.54) is 19.3 Å². The van der Waals surface area contributed by atoms with Crippen molar-refractivity contribution in [3.05, 3.63) is 0 Å². The van der Waals surface area contributed by atoms with Gasteiger partial charge in [0.25, 0.3) is 0 Å². The number of hydrazine groups is 1. The predicted octanol–water partition coefficient (Wildman–Crippen LogP) is 1.16. The Hall–Kier alpha value is -0.570. The van der Waals surface area contributed by atoms with Gasteiger partial charge in [-0.15, -0.1) is 0 Å². The third kappa shape index (κ3) is 2.21. The van der Waals surface area contributed by atoms with Crippen molar-refractivity contribution in [2.75, 3.05) is 13.1 Å². The summed E-state index contributed by atoms with van der Waals surface area (Å²) in [5.74, 6) is 1.17. The van der Waals surface area contributed by atoms with Gasteiger partial charge in [-0.3, -0.25) is 10.2 Å². The first-order valence-corrected chi connectivity index (χ1v) is 5.33. The molecule has 2 fully saturated rings. The largest absolute Gasteiger partial charge is 0.289 e. The molecule has 0 aromatic heterocycles. The molecule has 2 atom stereocenters. The van der Waals surface area contributed by atoms with Crippen molar-refractivity contribution >= 4 is 5.91 Å². The molecular formula is C10H18N2O. The van der Waals surface area contributed by atoms with Gasteiger partial charge >= 0.3 is 0 Å². The second kappa shape index (κ2) is 3.66. The van der Waals surface area contributed by atoms with E-state index in [1.807, 2.05) is 0 Å². The molecule has 13 heavy (non-hydrogen) atoms. The summed E-state index contributed by atoms with van der Waals surface area (Å²) in [5, 5.41) is 2.08. The lowest BCUT2D eigenvalue weighted by molar-refractivity contribution is -0.127. The van der Waals surface area contributed by atoms with Crippen LogP contribution in [0.1, 0.15) is 32.6 Å². The van der Waals surface area contributed by atoms with Crippen molar-refractivity contribution in [2.45, 2.75) is 32.6 Å². The molecule has 1 saturated heterocycles. The van der Waals surface area contributed by atoms with E-state index in [0.29, 0.717) is 11.8 Å². The van der Waals surface area contributed by atoms with Gasteiger partial charge < -0.3 is 0 Å². The maximum Gasteiger partial charge on any atom is 0.237 e. The summed E-state index contributed by atoms with van der Waals surface area (Å²) in [6, 6.07) is 0. The standard InChI is InChI=1S/C10H18N2O/c1-8-7-9(8)10(13)11-12-5-3-2-4-6-12/h8-9H,2-7H2,1H3,(H,11,13)/t8-,9-/m0/s1. The summed E-state index contributed by atoms with van der Waals surface area (Å²) in [5.41, 5.74) is 3.01. The number of amides is 1. The monoisotopic (exact) mass is 182 g/mol. The van der Waals surface area contributed by atoms with Crippen LogP contribution in [0.15, 0.2) is 0 Å². The third-order valence-electron chi connectivity index (χ3n) is 3.07. The van der Waals surface area contributed by atoms with Gasteiger partial charge in [-0.2, -0.15) is 0 Å². The highest BCUT2D eigenvalue weighted by Gasteiger charge is 2.39. The summed E-state index contributed by atoms with van der Waals surface area (Å²) >= 11 is 0. The highest BCUT2D eigenvalue weighted by Crippen LogP contribution is 2.37. The molecule has 2 rings (SSSR count). The van der Waals surface area contributed by atoms with E-state index >= 15 is 0 Å². The fourth-order valence-electron chi connectivity index (χ4n) is 1.93. The molecule has 0 radical (unpaired) electrons. The average Bonchev–Trinajstić information content (AvgIpc) is 2.84. The number of hydrogen-bond acceptors (Lipinski definition) is 2. The number of rotatable bonds is 2. The third-order valence-corrected chi connectivity index (χ3v) is 3.07. The normalized spacial score (nSPS) is 34.2. The second-order valence-corrected chi connectivity index (χ2v) is 4.34. The Kier molecular flexibility index (Phi) is 2.54. The van der Waals surface area contributed by atoms with E-state index in [1.54, 1.807) is 0 Å². The smallest absolute Gasteiger partial charge is 0.237 e. The Morgan fingerprint density at radius 3 is 2.46 bits per heavy atom. The SMILES string of the molecule is C[C@H]1C[C@@H]1C(=O)NN1CCCCC1. The lowest BCUT2D eigenvalue weighted by Gasteiger charge is -2.26. The number of hydrogen-bond donors (Lipinski definition) is 1. The maximum atomic E-state index is 11.5. The number of piperidine rings is 1. The van der Waals surface area contributed by atoms with Gasteiger partial charge in [0.1, 0.15) is 0 Å². The van der Waals surface area contributed by atoms with E-state index in [-0.39, 0.29) is 5.91 Å². The van der Waals surface area contributed by atoms with Gasteiger partial charge in [-0.1, -0.05) is 13.3 Å². The zero-order valence-corrected chi connectivity index (χ0v) is 8.25. The molecule has 3 nitrogen and oxygen atoms in total. The fraction of sp³-hybridized carbons (Fsp3) is 0.900. The van der Waals surface area contributed by atoms with E-state index in [0.717, 1.165) is 19.5 Å². The molecule has 1 aliphatic carbocycles. The quantitative estimate of drug-likeness (QED) is 0.695. The minimum Gasteiger partial charge on any atom is -0.289 e. The van der Waals surface area contributed by atoms with Crippen LogP contribution in [-0.4, -0.2) is 24.0 Å². The molecule has 1 heterocycles. The lowest BCUT2D eigenvalue weighted by Crippen LogP contribution is -2.45. The molecule has 1 amide bonds. The van der Waals surface area contributed by atoms with Crippen LogP contribution in [0, 0.1) is 11.8 Å². The van der Waals surface area contributed by atoms with Crippen molar-refractivity contribution in [1.82, 2.24) is 10.4 Å². The minimum atomic E-state index is 0.245. The molecule has 2 aliphatic rings. The molecule has 74 valence electrons. The van der Waals surface area contributed by atoms with Crippen LogP contribution in [0.2, 0.25) is 0 Å². The van der Waals surface area contributed by atoms with Crippen molar-refractivity contribution in [1.29, 1.82) is 0 Å². The Labute approximate surface area is 79.5 Å². The molecule has 0 unspecified atom stereocenters. The number of nitrogens with one attached hydrogen (secondary N) is 1. The number of carbonyl (C=O) groups excluding carboxylic acids is 1. The molecule has 0 aromatic carbocycles. The molecule has 1 aliphatic heterocycles. The van der Waals surface area contributed by atoms with Crippen LogP contribution in [0.4, 0.5) is 0 Å².